The van der Waals surface area contributed by atoms with Crippen LogP contribution in [0.4, 0.5) is 0 Å². The molecular formula is C19H19NO3S2. The van der Waals surface area contributed by atoms with Gasteiger partial charge in [-0.15, -0.1) is 11.3 Å². The molecule has 25 heavy (non-hydrogen) atoms. The number of carbonyl (C=O) groups is 1. The number of amides is 1. The fourth-order valence-corrected chi connectivity index (χ4v) is 4.02. The first-order chi connectivity index (χ1) is 12.2. The standard InChI is InChI=1S/C19H19NO3S2/c1-22-15-3-2-4-16(11-15)23-12-19(21)20-9-7-17-5-6-18(25-17)14-8-10-24-13-14/h2-6,8,10-11,13H,7,9,12H2,1H3,(H,20,21). The predicted molar refractivity (Wildman–Crippen MR) is 103 cm³/mol. The molecule has 2 heterocycles. The number of ether oxygens (including phenoxy) is 2. The summed E-state index contributed by atoms with van der Waals surface area (Å²) < 4.78 is 10.6. The Morgan fingerprint density at radius 3 is 2.84 bits per heavy atom. The zero-order valence-corrected chi connectivity index (χ0v) is 15.5. The van der Waals surface area contributed by atoms with Crippen molar-refractivity contribution in [1.82, 2.24) is 5.32 Å². The molecule has 2 aromatic heterocycles. The molecule has 1 aromatic carbocycles. The number of methoxy groups -OCH3 is 1. The van der Waals surface area contributed by atoms with Crippen molar-refractivity contribution in [2.45, 2.75) is 6.42 Å². The monoisotopic (exact) mass is 373 g/mol. The Balaban J connectivity index is 1.40. The number of nitrogens with one attached hydrogen (secondary N) is 1. The summed E-state index contributed by atoms with van der Waals surface area (Å²) in [7, 11) is 1.60. The molecule has 0 fully saturated rings. The average molecular weight is 373 g/mol. The van der Waals surface area contributed by atoms with E-state index in [-0.39, 0.29) is 12.5 Å². The van der Waals surface area contributed by atoms with Crippen molar-refractivity contribution in [1.29, 1.82) is 0 Å². The van der Waals surface area contributed by atoms with Gasteiger partial charge >= 0.3 is 0 Å². The van der Waals surface area contributed by atoms with Gasteiger partial charge in [0.1, 0.15) is 11.5 Å². The zero-order chi connectivity index (χ0) is 17.5. The van der Waals surface area contributed by atoms with E-state index in [9.17, 15) is 4.79 Å². The van der Waals surface area contributed by atoms with Crippen LogP contribution < -0.4 is 14.8 Å². The molecule has 0 saturated heterocycles. The van der Waals surface area contributed by atoms with Crippen LogP contribution in [0.5, 0.6) is 11.5 Å². The topological polar surface area (TPSA) is 47.6 Å². The number of benzene rings is 1. The van der Waals surface area contributed by atoms with Crippen LogP contribution in [-0.4, -0.2) is 26.2 Å². The van der Waals surface area contributed by atoms with E-state index in [2.05, 4.69) is 34.3 Å². The highest BCUT2D eigenvalue weighted by molar-refractivity contribution is 7.16. The van der Waals surface area contributed by atoms with Crippen LogP contribution in [0.3, 0.4) is 0 Å². The summed E-state index contributed by atoms with van der Waals surface area (Å²) >= 11 is 3.47. The number of thiophene rings is 2. The van der Waals surface area contributed by atoms with Crippen molar-refractivity contribution in [3.8, 4) is 21.9 Å². The molecule has 0 spiro atoms. The number of carbonyl (C=O) groups excluding carboxylic acids is 1. The summed E-state index contributed by atoms with van der Waals surface area (Å²) in [5.74, 6) is 1.20. The average Bonchev–Trinajstić information content (AvgIpc) is 3.31. The molecule has 1 amide bonds. The van der Waals surface area contributed by atoms with Crippen molar-refractivity contribution in [2.75, 3.05) is 20.3 Å². The Bertz CT molecular complexity index is 812. The van der Waals surface area contributed by atoms with Gasteiger partial charge in [-0.2, -0.15) is 11.3 Å². The smallest absolute Gasteiger partial charge is 0.257 e. The van der Waals surface area contributed by atoms with Crippen molar-refractivity contribution in [3.05, 3.63) is 58.1 Å². The van der Waals surface area contributed by atoms with E-state index in [1.54, 1.807) is 41.9 Å². The van der Waals surface area contributed by atoms with Crippen molar-refractivity contribution in [3.63, 3.8) is 0 Å². The third-order valence-electron chi connectivity index (χ3n) is 3.57. The highest BCUT2D eigenvalue weighted by Gasteiger charge is 2.06. The lowest BCUT2D eigenvalue weighted by Crippen LogP contribution is -2.30. The Kier molecular flexibility index (Phi) is 6.09. The van der Waals surface area contributed by atoms with Crippen LogP contribution in [0, 0.1) is 0 Å². The van der Waals surface area contributed by atoms with Gasteiger partial charge in [0.05, 0.1) is 7.11 Å². The van der Waals surface area contributed by atoms with Crippen molar-refractivity contribution in [2.24, 2.45) is 0 Å². The number of rotatable bonds is 8. The summed E-state index contributed by atoms with van der Waals surface area (Å²) in [4.78, 5) is 14.4. The second-order valence-electron chi connectivity index (χ2n) is 5.35. The Morgan fingerprint density at radius 1 is 1.16 bits per heavy atom. The van der Waals surface area contributed by atoms with Crippen LogP contribution in [-0.2, 0) is 11.2 Å². The molecular weight excluding hydrogens is 354 g/mol. The minimum atomic E-state index is -0.127. The molecule has 6 heteroatoms. The molecule has 0 aliphatic rings. The lowest BCUT2D eigenvalue weighted by atomic mass is 10.3. The minimum absolute atomic E-state index is 0.00222. The van der Waals surface area contributed by atoms with Gasteiger partial charge in [-0.3, -0.25) is 4.79 Å². The largest absolute Gasteiger partial charge is 0.497 e. The predicted octanol–water partition coefficient (Wildman–Crippen LogP) is 4.22. The molecule has 0 bridgehead atoms. The van der Waals surface area contributed by atoms with E-state index in [4.69, 9.17) is 9.47 Å². The van der Waals surface area contributed by atoms with E-state index < -0.39 is 0 Å². The Hall–Kier alpha value is -2.31. The molecule has 130 valence electrons. The van der Waals surface area contributed by atoms with Crippen molar-refractivity contribution >= 4 is 28.6 Å². The Morgan fingerprint density at radius 2 is 2.04 bits per heavy atom. The van der Waals surface area contributed by atoms with Crippen molar-refractivity contribution < 1.29 is 14.3 Å². The first-order valence-corrected chi connectivity index (χ1v) is 9.65. The van der Waals surface area contributed by atoms with Gasteiger partial charge in [-0.25, -0.2) is 0 Å². The molecule has 0 saturated carbocycles. The van der Waals surface area contributed by atoms with E-state index in [0.29, 0.717) is 18.0 Å². The minimum Gasteiger partial charge on any atom is -0.497 e. The first-order valence-electron chi connectivity index (χ1n) is 7.89. The van der Waals surface area contributed by atoms with Gasteiger partial charge in [0, 0.05) is 27.9 Å². The zero-order valence-electron chi connectivity index (χ0n) is 13.9. The molecule has 4 nitrogen and oxygen atoms in total. The fraction of sp³-hybridized carbons (Fsp3) is 0.211. The van der Waals surface area contributed by atoms with Crippen LogP contribution in [0.2, 0.25) is 0 Å². The van der Waals surface area contributed by atoms with Gasteiger partial charge in [0.2, 0.25) is 0 Å². The number of hydrogen-bond acceptors (Lipinski definition) is 5. The SMILES string of the molecule is COc1cccc(OCC(=O)NCCc2ccc(-c3ccsc3)s2)c1. The van der Waals surface area contributed by atoms with E-state index >= 15 is 0 Å². The Labute approximate surface area is 155 Å². The molecule has 3 rings (SSSR count). The second-order valence-corrected chi connectivity index (χ2v) is 7.29. The van der Waals surface area contributed by atoms with Gasteiger partial charge in [0.25, 0.3) is 5.91 Å². The lowest BCUT2D eigenvalue weighted by Gasteiger charge is -2.08. The first kappa shape index (κ1) is 17.5. The quantitative estimate of drug-likeness (QED) is 0.643. The van der Waals surface area contributed by atoms with Gasteiger partial charge < -0.3 is 14.8 Å². The second kappa shape index (κ2) is 8.69. The summed E-state index contributed by atoms with van der Waals surface area (Å²) in [6.45, 7) is 0.599. The highest BCUT2D eigenvalue weighted by atomic mass is 32.1. The lowest BCUT2D eigenvalue weighted by molar-refractivity contribution is -0.123. The molecule has 0 radical (unpaired) electrons. The molecule has 0 unspecified atom stereocenters. The highest BCUT2D eigenvalue weighted by Crippen LogP contribution is 2.29. The summed E-state index contributed by atoms with van der Waals surface area (Å²) in [5.41, 5.74) is 1.26. The maximum absolute atomic E-state index is 11.9. The molecule has 0 aliphatic heterocycles. The molecule has 0 aliphatic carbocycles. The van der Waals surface area contributed by atoms with Crippen LogP contribution in [0.25, 0.3) is 10.4 Å². The van der Waals surface area contributed by atoms with E-state index in [0.717, 1.165) is 6.42 Å². The number of hydrogen-bond donors (Lipinski definition) is 1. The van der Waals surface area contributed by atoms with E-state index in [1.165, 1.54) is 15.3 Å². The summed E-state index contributed by atoms with van der Waals surface area (Å²) in [5, 5.41) is 7.11. The maximum Gasteiger partial charge on any atom is 0.257 e. The third kappa shape index (κ3) is 5.08. The fourth-order valence-electron chi connectivity index (χ4n) is 2.29. The summed E-state index contributed by atoms with van der Waals surface area (Å²) in [6, 6.07) is 13.6. The maximum atomic E-state index is 11.9. The molecule has 3 aromatic rings. The normalized spacial score (nSPS) is 10.4. The van der Waals surface area contributed by atoms with Gasteiger partial charge in [-0.05, 0) is 47.5 Å². The van der Waals surface area contributed by atoms with Crippen LogP contribution in [0.1, 0.15) is 4.88 Å². The van der Waals surface area contributed by atoms with E-state index in [1.807, 2.05) is 12.1 Å². The third-order valence-corrected chi connectivity index (χ3v) is 5.45. The van der Waals surface area contributed by atoms with Crippen LogP contribution >= 0.6 is 22.7 Å². The van der Waals surface area contributed by atoms with Crippen LogP contribution in [0.15, 0.2) is 53.2 Å². The van der Waals surface area contributed by atoms with Gasteiger partial charge in [0.15, 0.2) is 6.61 Å². The molecule has 0 atom stereocenters. The van der Waals surface area contributed by atoms with Gasteiger partial charge in [-0.1, -0.05) is 6.07 Å². The molecule has 1 N–H and O–H groups in total. The summed E-state index contributed by atoms with van der Waals surface area (Å²) in [6.07, 6.45) is 0.819.